The molecule has 2 aromatic heterocycles. The van der Waals surface area contributed by atoms with Crippen LogP contribution in [0.4, 0.5) is 0 Å². The number of rotatable bonds is 5. The second-order valence-electron chi connectivity index (χ2n) is 4.36. The van der Waals surface area contributed by atoms with E-state index in [2.05, 4.69) is 14.7 Å². The van der Waals surface area contributed by atoms with E-state index in [9.17, 15) is 0 Å². The Labute approximate surface area is 126 Å². The maximum atomic E-state index is 5.97. The predicted molar refractivity (Wildman–Crippen MR) is 81.6 cm³/mol. The summed E-state index contributed by atoms with van der Waals surface area (Å²) in [5.74, 6) is 0.676. The van der Waals surface area contributed by atoms with Crippen molar-refractivity contribution in [1.29, 1.82) is 0 Å². The van der Waals surface area contributed by atoms with Gasteiger partial charge in [0.05, 0.1) is 7.11 Å². The standard InChI is InChI=1S/C14H14ClN3OS/c1-19-13-12(18-5-6-20-14(18)17-13)9-16-8-10-3-2-4-11(15)7-10/h2-7,16H,8-9H2,1H3. The van der Waals surface area contributed by atoms with Crippen molar-refractivity contribution in [2.45, 2.75) is 13.1 Å². The Morgan fingerprint density at radius 2 is 2.30 bits per heavy atom. The summed E-state index contributed by atoms with van der Waals surface area (Å²) in [5.41, 5.74) is 2.19. The van der Waals surface area contributed by atoms with Crippen molar-refractivity contribution in [3.8, 4) is 5.88 Å². The Morgan fingerprint density at radius 1 is 1.40 bits per heavy atom. The maximum absolute atomic E-state index is 5.97. The number of thiazole rings is 1. The Hall–Kier alpha value is -1.56. The second-order valence-corrected chi connectivity index (χ2v) is 5.67. The van der Waals surface area contributed by atoms with Gasteiger partial charge in [0.1, 0.15) is 5.69 Å². The Bertz CT molecular complexity index is 722. The number of nitrogens with zero attached hydrogens (tertiary/aromatic N) is 2. The Balaban J connectivity index is 1.72. The lowest BCUT2D eigenvalue weighted by Gasteiger charge is -2.06. The first-order valence-corrected chi connectivity index (χ1v) is 7.47. The number of imidazole rings is 1. The summed E-state index contributed by atoms with van der Waals surface area (Å²) in [5, 5.41) is 6.17. The average Bonchev–Trinajstić information content (AvgIpc) is 3.00. The molecule has 4 nitrogen and oxygen atoms in total. The van der Waals surface area contributed by atoms with Crippen LogP contribution in [0.1, 0.15) is 11.3 Å². The molecular formula is C14H14ClN3OS. The van der Waals surface area contributed by atoms with Gasteiger partial charge >= 0.3 is 0 Å². The van der Waals surface area contributed by atoms with E-state index < -0.39 is 0 Å². The smallest absolute Gasteiger partial charge is 0.237 e. The minimum Gasteiger partial charge on any atom is -0.480 e. The molecule has 1 aromatic carbocycles. The number of ether oxygens (including phenoxy) is 1. The van der Waals surface area contributed by atoms with Gasteiger partial charge in [0.15, 0.2) is 4.96 Å². The molecule has 0 saturated heterocycles. The lowest BCUT2D eigenvalue weighted by atomic mass is 10.2. The first-order valence-electron chi connectivity index (χ1n) is 6.21. The summed E-state index contributed by atoms with van der Waals surface area (Å²) in [6.45, 7) is 1.44. The van der Waals surface area contributed by atoms with E-state index in [1.807, 2.05) is 35.8 Å². The quantitative estimate of drug-likeness (QED) is 0.785. The highest BCUT2D eigenvalue weighted by atomic mass is 35.5. The topological polar surface area (TPSA) is 38.6 Å². The molecule has 0 amide bonds. The third-order valence-electron chi connectivity index (χ3n) is 3.03. The normalized spacial score (nSPS) is 11.1. The third kappa shape index (κ3) is 2.65. The number of aromatic nitrogens is 2. The van der Waals surface area contributed by atoms with Crippen molar-refractivity contribution in [1.82, 2.24) is 14.7 Å². The van der Waals surface area contributed by atoms with Crippen LogP contribution in [0.5, 0.6) is 5.88 Å². The summed E-state index contributed by atoms with van der Waals surface area (Å²) in [6, 6.07) is 7.84. The zero-order valence-electron chi connectivity index (χ0n) is 11.0. The fourth-order valence-electron chi connectivity index (χ4n) is 2.11. The molecule has 0 radical (unpaired) electrons. The van der Waals surface area contributed by atoms with Gasteiger partial charge in [-0.1, -0.05) is 23.7 Å². The molecule has 0 fully saturated rings. The molecule has 0 bridgehead atoms. The highest BCUT2D eigenvalue weighted by Gasteiger charge is 2.12. The lowest BCUT2D eigenvalue weighted by molar-refractivity contribution is 0.393. The van der Waals surface area contributed by atoms with Crippen molar-refractivity contribution in [3.63, 3.8) is 0 Å². The Morgan fingerprint density at radius 3 is 3.10 bits per heavy atom. The van der Waals surface area contributed by atoms with Gasteiger partial charge in [-0.25, -0.2) is 0 Å². The van der Waals surface area contributed by atoms with Gasteiger partial charge in [0.2, 0.25) is 5.88 Å². The van der Waals surface area contributed by atoms with Gasteiger partial charge in [0.25, 0.3) is 0 Å². The van der Waals surface area contributed by atoms with Gasteiger partial charge in [-0.05, 0) is 17.7 Å². The van der Waals surface area contributed by atoms with Crippen LogP contribution in [0, 0.1) is 0 Å². The lowest BCUT2D eigenvalue weighted by Crippen LogP contribution is -2.14. The van der Waals surface area contributed by atoms with Crippen molar-refractivity contribution < 1.29 is 4.74 Å². The molecule has 20 heavy (non-hydrogen) atoms. The van der Waals surface area contributed by atoms with Crippen LogP contribution in [0.25, 0.3) is 4.96 Å². The number of hydrogen-bond donors (Lipinski definition) is 1. The zero-order chi connectivity index (χ0) is 13.9. The van der Waals surface area contributed by atoms with Gasteiger partial charge in [-0.3, -0.25) is 4.40 Å². The van der Waals surface area contributed by atoms with Gasteiger partial charge in [-0.15, -0.1) is 11.3 Å². The fourth-order valence-corrected chi connectivity index (χ4v) is 3.05. The van der Waals surface area contributed by atoms with Crippen molar-refractivity contribution in [2.75, 3.05) is 7.11 Å². The Kier molecular flexibility index (Phi) is 3.91. The molecule has 0 aliphatic rings. The summed E-state index contributed by atoms with van der Waals surface area (Å²) >= 11 is 7.57. The van der Waals surface area contributed by atoms with E-state index in [1.54, 1.807) is 18.4 Å². The van der Waals surface area contributed by atoms with Crippen molar-refractivity contribution in [2.24, 2.45) is 0 Å². The molecule has 1 N–H and O–H groups in total. The summed E-state index contributed by atoms with van der Waals surface area (Å²) in [4.78, 5) is 5.37. The molecule has 0 unspecified atom stereocenters. The first-order chi connectivity index (χ1) is 9.78. The molecule has 0 atom stereocenters. The van der Waals surface area contributed by atoms with Crippen LogP contribution < -0.4 is 10.1 Å². The van der Waals surface area contributed by atoms with Crippen LogP contribution in [-0.4, -0.2) is 16.5 Å². The predicted octanol–water partition coefficient (Wildman–Crippen LogP) is 3.35. The SMILES string of the molecule is COc1nc2sccn2c1CNCc1cccc(Cl)c1. The summed E-state index contributed by atoms with van der Waals surface area (Å²) in [7, 11) is 1.65. The molecule has 0 spiro atoms. The van der Waals surface area contributed by atoms with Crippen LogP contribution in [-0.2, 0) is 13.1 Å². The molecule has 0 aliphatic heterocycles. The van der Waals surface area contributed by atoms with E-state index in [1.165, 1.54) is 0 Å². The first kappa shape index (κ1) is 13.4. The number of halogens is 1. The molecule has 0 aliphatic carbocycles. The largest absolute Gasteiger partial charge is 0.480 e. The number of hydrogen-bond acceptors (Lipinski definition) is 4. The van der Waals surface area contributed by atoms with Crippen LogP contribution >= 0.6 is 22.9 Å². The molecule has 2 heterocycles. The summed E-state index contributed by atoms with van der Waals surface area (Å²) < 4.78 is 7.37. The monoisotopic (exact) mass is 307 g/mol. The molecular weight excluding hydrogens is 294 g/mol. The van der Waals surface area contributed by atoms with E-state index >= 15 is 0 Å². The molecule has 6 heteroatoms. The van der Waals surface area contributed by atoms with Crippen LogP contribution in [0.15, 0.2) is 35.8 Å². The van der Waals surface area contributed by atoms with Gasteiger partial charge in [-0.2, -0.15) is 4.98 Å². The minimum atomic E-state index is 0.676. The number of benzene rings is 1. The number of fused-ring (bicyclic) bond motifs is 1. The number of methoxy groups -OCH3 is 1. The summed E-state index contributed by atoms with van der Waals surface area (Å²) in [6.07, 6.45) is 2.01. The van der Waals surface area contributed by atoms with E-state index in [0.29, 0.717) is 12.4 Å². The third-order valence-corrected chi connectivity index (χ3v) is 4.02. The van der Waals surface area contributed by atoms with E-state index in [-0.39, 0.29) is 0 Å². The second kappa shape index (κ2) is 5.83. The van der Waals surface area contributed by atoms with E-state index in [4.69, 9.17) is 16.3 Å². The fraction of sp³-hybridized carbons (Fsp3) is 0.214. The maximum Gasteiger partial charge on any atom is 0.237 e. The molecule has 3 aromatic rings. The van der Waals surface area contributed by atoms with E-state index in [0.717, 1.165) is 27.8 Å². The van der Waals surface area contributed by atoms with Gasteiger partial charge in [0, 0.05) is 29.7 Å². The highest BCUT2D eigenvalue weighted by molar-refractivity contribution is 7.15. The molecule has 0 saturated carbocycles. The average molecular weight is 308 g/mol. The van der Waals surface area contributed by atoms with Crippen LogP contribution in [0.3, 0.4) is 0 Å². The van der Waals surface area contributed by atoms with Gasteiger partial charge < -0.3 is 10.1 Å². The van der Waals surface area contributed by atoms with Crippen LogP contribution in [0.2, 0.25) is 5.02 Å². The number of nitrogens with one attached hydrogen (secondary N) is 1. The molecule has 104 valence electrons. The van der Waals surface area contributed by atoms with Crippen molar-refractivity contribution >= 4 is 27.9 Å². The zero-order valence-corrected chi connectivity index (χ0v) is 12.5. The van der Waals surface area contributed by atoms with Crippen molar-refractivity contribution in [3.05, 3.63) is 52.1 Å². The minimum absolute atomic E-state index is 0.676. The highest BCUT2D eigenvalue weighted by Crippen LogP contribution is 2.23. The molecule has 3 rings (SSSR count).